The fourth-order valence-electron chi connectivity index (χ4n) is 0.945. The molecular formula is C10H12F4. The second-order valence-electron chi connectivity index (χ2n) is 2.46. The number of benzene rings is 1. The number of rotatable bonds is 0. The van der Waals surface area contributed by atoms with Crippen molar-refractivity contribution in [1.29, 1.82) is 0 Å². The Morgan fingerprint density at radius 1 is 1.07 bits per heavy atom. The highest BCUT2D eigenvalue weighted by molar-refractivity contribution is 5.28. The van der Waals surface area contributed by atoms with Gasteiger partial charge in [-0.3, -0.25) is 0 Å². The molecule has 0 nitrogen and oxygen atoms in total. The smallest absolute Gasteiger partial charge is 0.207 e. The van der Waals surface area contributed by atoms with Gasteiger partial charge in [-0.25, -0.2) is 4.39 Å². The molecule has 80 valence electrons. The zero-order valence-corrected chi connectivity index (χ0v) is 8.24. The van der Waals surface area contributed by atoms with E-state index in [0.717, 1.165) is 18.2 Å². The van der Waals surface area contributed by atoms with Crippen LogP contribution < -0.4 is 0 Å². The van der Waals surface area contributed by atoms with Gasteiger partial charge in [-0.2, -0.15) is 13.2 Å². The summed E-state index contributed by atoms with van der Waals surface area (Å²) in [6, 6.07) is 2.41. The third-order valence-electron chi connectivity index (χ3n) is 1.49. The van der Waals surface area contributed by atoms with Crippen molar-refractivity contribution in [3.8, 4) is 0 Å². The molecule has 1 aromatic rings. The van der Waals surface area contributed by atoms with Crippen molar-refractivity contribution >= 4 is 0 Å². The Balaban J connectivity index is 0.000000791. The largest absolute Gasteiger partial charge is 0.416 e. The fourth-order valence-corrected chi connectivity index (χ4v) is 0.945. The monoisotopic (exact) mass is 208 g/mol. The van der Waals surface area contributed by atoms with Gasteiger partial charge in [0.15, 0.2) is 0 Å². The van der Waals surface area contributed by atoms with Crippen LogP contribution in [0.5, 0.6) is 0 Å². The molecule has 1 aromatic carbocycles. The van der Waals surface area contributed by atoms with Crippen LogP contribution in [0, 0.1) is 12.7 Å². The Labute approximate surface area is 80.6 Å². The van der Waals surface area contributed by atoms with Crippen LogP contribution in [0.2, 0.25) is 0 Å². The first-order valence-corrected chi connectivity index (χ1v) is 4.24. The van der Waals surface area contributed by atoms with Crippen LogP contribution in [0.15, 0.2) is 18.2 Å². The number of alkyl halides is 3. The van der Waals surface area contributed by atoms with E-state index < -0.39 is 17.6 Å². The molecule has 0 fully saturated rings. The van der Waals surface area contributed by atoms with E-state index in [9.17, 15) is 17.6 Å². The minimum Gasteiger partial charge on any atom is -0.207 e. The number of halogens is 4. The molecule has 0 amide bonds. The van der Waals surface area contributed by atoms with Crippen LogP contribution in [0.4, 0.5) is 17.6 Å². The Kier molecular flexibility index (Phi) is 4.60. The van der Waals surface area contributed by atoms with Crippen LogP contribution in [0.1, 0.15) is 25.0 Å². The van der Waals surface area contributed by atoms with Crippen molar-refractivity contribution in [2.45, 2.75) is 26.9 Å². The summed E-state index contributed by atoms with van der Waals surface area (Å²) in [5.74, 6) is -0.652. The minimum absolute atomic E-state index is 0.0949. The molecule has 0 aliphatic rings. The van der Waals surface area contributed by atoms with Gasteiger partial charge in [0.05, 0.1) is 5.56 Å². The average Bonchev–Trinajstić information content (AvgIpc) is 2.05. The molecule has 0 spiro atoms. The molecule has 0 aliphatic carbocycles. The lowest BCUT2D eigenvalue weighted by Gasteiger charge is -2.08. The van der Waals surface area contributed by atoms with Gasteiger partial charge in [0.25, 0.3) is 0 Å². The summed E-state index contributed by atoms with van der Waals surface area (Å²) in [5.41, 5.74) is -0.883. The first kappa shape index (κ1) is 12.9. The van der Waals surface area contributed by atoms with Gasteiger partial charge in [-0.15, -0.1) is 0 Å². The van der Waals surface area contributed by atoms with Gasteiger partial charge in [0.2, 0.25) is 0 Å². The number of aryl methyl sites for hydroxylation is 1. The first-order chi connectivity index (χ1) is 6.41. The van der Waals surface area contributed by atoms with Crippen LogP contribution in [-0.4, -0.2) is 0 Å². The summed E-state index contributed by atoms with van der Waals surface area (Å²) in [7, 11) is 0. The molecule has 1 rings (SSSR count). The highest BCUT2D eigenvalue weighted by atomic mass is 19.4. The molecule has 0 aliphatic heterocycles. The highest BCUT2D eigenvalue weighted by Gasteiger charge is 2.32. The maximum Gasteiger partial charge on any atom is 0.416 e. The number of hydrogen-bond donors (Lipinski definition) is 0. The zero-order valence-electron chi connectivity index (χ0n) is 8.24. The normalized spacial score (nSPS) is 10.5. The highest BCUT2D eigenvalue weighted by Crippen LogP contribution is 2.31. The minimum atomic E-state index is -4.39. The van der Waals surface area contributed by atoms with E-state index in [4.69, 9.17) is 0 Å². The Morgan fingerprint density at radius 2 is 1.57 bits per heavy atom. The molecule has 14 heavy (non-hydrogen) atoms. The Hall–Kier alpha value is -1.06. The topological polar surface area (TPSA) is 0 Å². The van der Waals surface area contributed by atoms with Crippen LogP contribution in [0.3, 0.4) is 0 Å². The van der Waals surface area contributed by atoms with E-state index >= 15 is 0 Å². The average molecular weight is 208 g/mol. The lowest BCUT2D eigenvalue weighted by molar-refractivity contribution is -0.138. The van der Waals surface area contributed by atoms with Crippen molar-refractivity contribution in [1.82, 2.24) is 0 Å². The van der Waals surface area contributed by atoms with Crippen LogP contribution in [-0.2, 0) is 6.18 Å². The third kappa shape index (κ3) is 3.36. The van der Waals surface area contributed by atoms with E-state index in [1.165, 1.54) is 6.92 Å². The van der Waals surface area contributed by atoms with Gasteiger partial charge in [-0.05, 0) is 30.7 Å². The molecule has 0 bridgehead atoms. The maximum atomic E-state index is 12.4. The predicted octanol–water partition coefficient (Wildman–Crippen LogP) is 4.18. The zero-order chi connectivity index (χ0) is 11.4. The van der Waals surface area contributed by atoms with E-state index in [-0.39, 0.29) is 5.56 Å². The van der Waals surface area contributed by atoms with Crippen molar-refractivity contribution < 1.29 is 17.6 Å². The Bertz CT molecular complexity index is 289. The number of hydrogen-bond acceptors (Lipinski definition) is 0. The lowest BCUT2D eigenvalue weighted by atomic mass is 10.1. The molecule has 0 atom stereocenters. The van der Waals surface area contributed by atoms with E-state index in [0.29, 0.717) is 0 Å². The molecule has 0 saturated carbocycles. The van der Waals surface area contributed by atoms with Crippen LogP contribution in [0.25, 0.3) is 0 Å². The van der Waals surface area contributed by atoms with Crippen LogP contribution >= 0.6 is 0 Å². The standard InChI is InChI=1S/C8H6F4.C2H6/c1-5-4-6(9)2-3-7(5)8(10,11)12;1-2/h2-4H,1H3;1-2H3. The molecule has 0 unspecified atom stereocenters. The van der Waals surface area contributed by atoms with Gasteiger partial charge in [-0.1, -0.05) is 13.8 Å². The van der Waals surface area contributed by atoms with Crippen molar-refractivity contribution in [3.63, 3.8) is 0 Å². The second kappa shape index (κ2) is 4.98. The predicted molar refractivity (Wildman–Crippen MR) is 47.5 cm³/mol. The van der Waals surface area contributed by atoms with Crippen molar-refractivity contribution in [2.75, 3.05) is 0 Å². The van der Waals surface area contributed by atoms with Gasteiger partial charge in [0, 0.05) is 0 Å². The van der Waals surface area contributed by atoms with Crippen molar-refractivity contribution in [2.24, 2.45) is 0 Å². The van der Waals surface area contributed by atoms with E-state index in [1.54, 1.807) is 0 Å². The van der Waals surface area contributed by atoms with Gasteiger partial charge >= 0.3 is 6.18 Å². The van der Waals surface area contributed by atoms with E-state index in [1.807, 2.05) is 13.8 Å². The Morgan fingerprint density at radius 3 is 1.93 bits per heavy atom. The molecule has 0 heterocycles. The SMILES string of the molecule is CC.Cc1cc(F)ccc1C(F)(F)F. The lowest BCUT2D eigenvalue weighted by Crippen LogP contribution is -2.07. The molecule has 0 radical (unpaired) electrons. The third-order valence-corrected chi connectivity index (χ3v) is 1.49. The molecule has 4 heteroatoms. The quantitative estimate of drug-likeness (QED) is 0.561. The molecular weight excluding hydrogens is 196 g/mol. The summed E-state index contributed by atoms with van der Waals surface area (Å²) < 4.78 is 48.5. The summed E-state index contributed by atoms with van der Waals surface area (Å²) >= 11 is 0. The maximum absolute atomic E-state index is 12.4. The summed E-state index contributed by atoms with van der Waals surface area (Å²) in [6.45, 7) is 5.23. The first-order valence-electron chi connectivity index (χ1n) is 4.24. The molecule has 0 saturated heterocycles. The van der Waals surface area contributed by atoms with Gasteiger partial charge < -0.3 is 0 Å². The summed E-state index contributed by atoms with van der Waals surface area (Å²) in [6.07, 6.45) is -4.39. The molecule has 0 N–H and O–H groups in total. The van der Waals surface area contributed by atoms with E-state index in [2.05, 4.69) is 0 Å². The van der Waals surface area contributed by atoms with Crippen molar-refractivity contribution in [3.05, 3.63) is 35.1 Å². The summed E-state index contributed by atoms with van der Waals surface area (Å²) in [4.78, 5) is 0. The summed E-state index contributed by atoms with van der Waals surface area (Å²) in [5, 5.41) is 0. The second-order valence-corrected chi connectivity index (χ2v) is 2.46. The fraction of sp³-hybridized carbons (Fsp3) is 0.400. The van der Waals surface area contributed by atoms with Gasteiger partial charge in [0.1, 0.15) is 5.82 Å². The molecule has 0 aromatic heterocycles.